The lowest BCUT2D eigenvalue weighted by atomic mass is 10.2. The summed E-state index contributed by atoms with van der Waals surface area (Å²) < 4.78 is 12.9. The van der Waals surface area contributed by atoms with Crippen molar-refractivity contribution in [3.05, 3.63) is 44.9 Å². The lowest BCUT2D eigenvalue weighted by Gasteiger charge is -2.04. The average molecular weight is 328 g/mol. The molecule has 0 aliphatic rings. The number of hydrogen-bond acceptors (Lipinski definition) is 4. The molecule has 0 spiro atoms. The zero-order valence-electron chi connectivity index (χ0n) is 11.7. The molecule has 2 heterocycles. The third-order valence-electron chi connectivity index (χ3n) is 2.79. The second-order valence-electron chi connectivity index (χ2n) is 4.83. The first kappa shape index (κ1) is 15.9. The Hall–Kier alpha value is -1.53. The van der Waals surface area contributed by atoms with Crippen LogP contribution < -0.4 is 5.32 Å². The molecule has 0 aliphatic heterocycles. The summed E-state index contributed by atoms with van der Waals surface area (Å²) >= 11 is 7.22. The normalized spacial score (nSPS) is 10.9. The van der Waals surface area contributed by atoms with Crippen LogP contribution >= 0.6 is 22.9 Å². The minimum absolute atomic E-state index is 0.163. The van der Waals surface area contributed by atoms with Crippen molar-refractivity contribution in [2.24, 2.45) is 0 Å². The van der Waals surface area contributed by atoms with E-state index in [1.165, 1.54) is 6.07 Å². The van der Waals surface area contributed by atoms with E-state index in [4.69, 9.17) is 11.6 Å². The van der Waals surface area contributed by atoms with E-state index in [2.05, 4.69) is 29.1 Å². The highest BCUT2D eigenvalue weighted by atomic mass is 35.5. The molecule has 2 rings (SSSR count). The van der Waals surface area contributed by atoms with Gasteiger partial charge >= 0.3 is 0 Å². The smallest absolute Gasteiger partial charge is 0.252 e. The molecule has 112 valence electrons. The van der Waals surface area contributed by atoms with Gasteiger partial charge < -0.3 is 5.32 Å². The molecule has 4 nitrogen and oxygen atoms in total. The number of hydrogen-bond donors (Lipinski definition) is 1. The number of carbonyl (C=O) groups excluding carboxylic acids is 1. The van der Waals surface area contributed by atoms with E-state index in [1.54, 1.807) is 11.3 Å². The fraction of sp³-hybridized carbons (Fsp3) is 0.357. The molecule has 21 heavy (non-hydrogen) atoms. The third-order valence-corrected chi connectivity index (χ3v) is 4.25. The van der Waals surface area contributed by atoms with Gasteiger partial charge in [0, 0.05) is 30.5 Å². The van der Waals surface area contributed by atoms with Gasteiger partial charge in [0.15, 0.2) is 0 Å². The summed E-state index contributed by atoms with van der Waals surface area (Å²) in [6.07, 6.45) is 1.81. The van der Waals surface area contributed by atoms with Gasteiger partial charge in [-0.05, 0) is 6.07 Å². The molecule has 0 atom stereocenters. The molecule has 0 aliphatic carbocycles. The Labute approximate surface area is 131 Å². The molecule has 2 aromatic heterocycles. The number of nitrogens with zero attached hydrogens (tertiary/aromatic N) is 2. The first-order valence-electron chi connectivity index (χ1n) is 6.51. The van der Waals surface area contributed by atoms with E-state index >= 15 is 0 Å². The molecule has 1 amide bonds. The van der Waals surface area contributed by atoms with Crippen LogP contribution in [-0.4, -0.2) is 22.4 Å². The predicted octanol–water partition coefficient (Wildman–Crippen LogP) is 3.43. The van der Waals surface area contributed by atoms with Crippen LogP contribution in [0.15, 0.2) is 17.6 Å². The first-order chi connectivity index (χ1) is 9.97. The lowest BCUT2D eigenvalue weighted by Crippen LogP contribution is -2.26. The molecule has 0 aromatic carbocycles. The van der Waals surface area contributed by atoms with Gasteiger partial charge in [0.1, 0.15) is 0 Å². The zero-order valence-corrected chi connectivity index (χ0v) is 13.3. The van der Waals surface area contributed by atoms with E-state index < -0.39 is 5.95 Å². The third kappa shape index (κ3) is 4.22. The van der Waals surface area contributed by atoms with Crippen LogP contribution in [0.25, 0.3) is 0 Å². The minimum atomic E-state index is -0.781. The van der Waals surface area contributed by atoms with Gasteiger partial charge in [-0.2, -0.15) is 4.39 Å². The highest BCUT2D eigenvalue weighted by molar-refractivity contribution is 7.09. The maximum atomic E-state index is 12.9. The SMILES string of the molecule is CC(C)c1nc(CCNC(=O)c2cnc(F)c(Cl)c2)cs1. The zero-order chi connectivity index (χ0) is 15.4. The van der Waals surface area contributed by atoms with Crippen molar-refractivity contribution in [1.82, 2.24) is 15.3 Å². The topological polar surface area (TPSA) is 54.9 Å². The van der Waals surface area contributed by atoms with Gasteiger partial charge in [0.25, 0.3) is 5.91 Å². The van der Waals surface area contributed by atoms with Crippen LogP contribution in [0.3, 0.4) is 0 Å². The van der Waals surface area contributed by atoms with Crippen LogP contribution in [-0.2, 0) is 6.42 Å². The molecular formula is C14H15ClFN3OS. The van der Waals surface area contributed by atoms with Crippen LogP contribution in [0.1, 0.15) is 40.8 Å². The Morgan fingerprint density at radius 2 is 2.29 bits per heavy atom. The Bertz CT molecular complexity index is 645. The standard InChI is InChI=1S/C14H15ClFN3OS/c1-8(2)14-19-10(7-21-14)3-4-17-13(20)9-5-11(15)12(16)18-6-9/h5-8H,3-4H2,1-2H3,(H,17,20). The molecular weight excluding hydrogens is 313 g/mol. The molecule has 0 radical (unpaired) electrons. The van der Waals surface area contributed by atoms with Gasteiger partial charge in [-0.25, -0.2) is 9.97 Å². The number of pyridine rings is 1. The van der Waals surface area contributed by atoms with E-state index in [-0.39, 0.29) is 16.5 Å². The van der Waals surface area contributed by atoms with Crippen molar-refractivity contribution in [2.75, 3.05) is 6.54 Å². The Morgan fingerprint density at radius 1 is 1.52 bits per heavy atom. The van der Waals surface area contributed by atoms with Gasteiger partial charge in [-0.1, -0.05) is 25.4 Å². The first-order valence-corrected chi connectivity index (χ1v) is 7.76. The predicted molar refractivity (Wildman–Crippen MR) is 81.4 cm³/mol. The van der Waals surface area contributed by atoms with E-state index in [9.17, 15) is 9.18 Å². The second kappa shape index (κ2) is 6.95. The Kier molecular flexibility index (Phi) is 5.25. The Morgan fingerprint density at radius 3 is 2.90 bits per heavy atom. The molecule has 0 fully saturated rings. The monoisotopic (exact) mass is 327 g/mol. The maximum absolute atomic E-state index is 12.9. The highest BCUT2D eigenvalue weighted by Gasteiger charge is 2.10. The van der Waals surface area contributed by atoms with Gasteiger partial charge in [-0.3, -0.25) is 4.79 Å². The maximum Gasteiger partial charge on any atom is 0.252 e. The van der Waals surface area contributed by atoms with Crippen LogP contribution in [0.4, 0.5) is 4.39 Å². The number of aromatic nitrogens is 2. The fourth-order valence-corrected chi connectivity index (χ4v) is 2.69. The van der Waals surface area contributed by atoms with Crippen molar-refractivity contribution < 1.29 is 9.18 Å². The molecule has 7 heteroatoms. The van der Waals surface area contributed by atoms with E-state index in [1.807, 2.05) is 5.38 Å². The van der Waals surface area contributed by atoms with Crippen molar-refractivity contribution >= 4 is 28.8 Å². The lowest BCUT2D eigenvalue weighted by molar-refractivity contribution is 0.0953. The summed E-state index contributed by atoms with van der Waals surface area (Å²) in [5.41, 5.74) is 1.20. The summed E-state index contributed by atoms with van der Waals surface area (Å²) in [7, 11) is 0. The molecule has 0 saturated carbocycles. The average Bonchev–Trinajstić information content (AvgIpc) is 2.91. The molecule has 2 aromatic rings. The summed E-state index contributed by atoms with van der Waals surface area (Å²) in [4.78, 5) is 19.8. The molecule has 0 unspecified atom stereocenters. The molecule has 0 bridgehead atoms. The number of halogens is 2. The van der Waals surface area contributed by atoms with Crippen LogP contribution in [0, 0.1) is 5.95 Å². The number of carbonyl (C=O) groups is 1. The van der Waals surface area contributed by atoms with Crippen molar-refractivity contribution in [2.45, 2.75) is 26.2 Å². The number of thiazole rings is 1. The fourth-order valence-electron chi connectivity index (χ4n) is 1.65. The van der Waals surface area contributed by atoms with Crippen molar-refractivity contribution in [1.29, 1.82) is 0 Å². The van der Waals surface area contributed by atoms with Gasteiger partial charge in [-0.15, -0.1) is 11.3 Å². The highest BCUT2D eigenvalue weighted by Crippen LogP contribution is 2.19. The van der Waals surface area contributed by atoms with Gasteiger partial charge in [0.05, 0.1) is 21.3 Å². The minimum Gasteiger partial charge on any atom is -0.352 e. The Balaban J connectivity index is 1.87. The largest absolute Gasteiger partial charge is 0.352 e. The number of amides is 1. The molecule has 1 N–H and O–H groups in total. The second-order valence-corrected chi connectivity index (χ2v) is 6.13. The summed E-state index contributed by atoms with van der Waals surface area (Å²) in [5, 5.41) is 5.66. The van der Waals surface area contributed by atoms with Crippen molar-refractivity contribution in [3.8, 4) is 0 Å². The van der Waals surface area contributed by atoms with E-state index in [0.29, 0.717) is 18.9 Å². The van der Waals surface area contributed by atoms with Crippen molar-refractivity contribution in [3.63, 3.8) is 0 Å². The summed E-state index contributed by atoms with van der Waals surface area (Å²) in [6, 6.07) is 1.26. The van der Waals surface area contributed by atoms with Crippen LogP contribution in [0.5, 0.6) is 0 Å². The van der Waals surface area contributed by atoms with Crippen LogP contribution in [0.2, 0.25) is 5.02 Å². The number of rotatable bonds is 5. The van der Waals surface area contributed by atoms with Gasteiger partial charge in [0.2, 0.25) is 5.95 Å². The summed E-state index contributed by atoms with van der Waals surface area (Å²) in [6.45, 7) is 4.64. The number of nitrogens with one attached hydrogen (secondary N) is 1. The molecule has 0 saturated heterocycles. The quantitative estimate of drug-likeness (QED) is 0.856. The van der Waals surface area contributed by atoms with E-state index in [0.717, 1.165) is 16.9 Å². The summed E-state index contributed by atoms with van der Waals surface area (Å²) in [5.74, 6) is -0.702.